The first-order chi connectivity index (χ1) is 8.31. The van der Waals surface area contributed by atoms with Gasteiger partial charge in [-0.15, -0.1) is 0 Å². The summed E-state index contributed by atoms with van der Waals surface area (Å²) in [4.78, 5) is 4.39. The Labute approximate surface area is 99.6 Å². The first-order valence-corrected chi connectivity index (χ1v) is 6.04. The van der Waals surface area contributed by atoms with Crippen molar-refractivity contribution in [2.45, 2.75) is 37.8 Å². The van der Waals surface area contributed by atoms with Crippen LogP contribution >= 0.6 is 0 Å². The highest BCUT2D eigenvalue weighted by Gasteiger charge is 2.20. The topological polar surface area (TPSA) is 65.4 Å². The lowest BCUT2D eigenvalue weighted by Crippen LogP contribution is -2.33. The van der Waals surface area contributed by atoms with Gasteiger partial charge in [-0.05, 0) is 25.7 Å². The molecule has 1 aliphatic carbocycles. The van der Waals surface area contributed by atoms with E-state index in [9.17, 15) is 0 Å². The molecule has 1 aliphatic rings. The molecule has 0 radical (unpaired) electrons. The number of nitrogens with zero attached hydrogens (tertiary/aromatic N) is 3. The predicted molar refractivity (Wildman–Crippen MR) is 63.8 cm³/mol. The van der Waals surface area contributed by atoms with Gasteiger partial charge in [0, 0.05) is 24.4 Å². The molecule has 0 spiro atoms. The highest BCUT2D eigenvalue weighted by Crippen LogP contribution is 2.21. The quantitative estimate of drug-likeness (QED) is 0.849. The summed E-state index contributed by atoms with van der Waals surface area (Å²) in [6.45, 7) is 0. The van der Waals surface area contributed by atoms with E-state index in [4.69, 9.17) is 10.5 Å². The molecule has 17 heavy (non-hydrogen) atoms. The highest BCUT2D eigenvalue weighted by atomic mass is 16.5. The number of nitrogens with two attached hydrogens (primary N) is 1. The van der Waals surface area contributed by atoms with E-state index in [1.807, 2.05) is 18.3 Å². The van der Waals surface area contributed by atoms with Crippen LogP contribution in [0.2, 0.25) is 0 Å². The molecule has 0 aromatic carbocycles. The zero-order valence-electron chi connectivity index (χ0n) is 9.62. The molecule has 1 saturated carbocycles. The molecule has 2 N–H and O–H groups in total. The van der Waals surface area contributed by atoms with Gasteiger partial charge < -0.3 is 10.5 Å². The zero-order chi connectivity index (χ0) is 11.7. The van der Waals surface area contributed by atoms with Crippen LogP contribution in [0.4, 0.5) is 0 Å². The molecule has 0 bridgehead atoms. The van der Waals surface area contributed by atoms with Crippen LogP contribution in [0.1, 0.15) is 25.7 Å². The van der Waals surface area contributed by atoms with E-state index in [0.717, 1.165) is 31.3 Å². The van der Waals surface area contributed by atoms with Gasteiger partial charge in [-0.25, -0.2) is 4.52 Å². The molecule has 2 unspecified atom stereocenters. The SMILES string of the molecule is NC1CCCC(Oc2ccn3nccc3n2)C1. The lowest BCUT2D eigenvalue weighted by Gasteiger charge is -2.26. The van der Waals surface area contributed by atoms with E-state index in [0.29, 0.717) is 5.88 Å². The van der Waals surface area contributed by atoms with Crippen LogP contribution in [-0.4, -0.2) is 26.7 Å². The normalized spacial score (nSPS) is 25.0. The molecule has 0 saturated heterocycles. The summed E-state index contributed by atoms with van der Waals surface area (Å²) in [5.41, 5.74) is 6.75. The third-order valence-electron chi connectivity index (χ3n) is 3.19. The van der Waals surface area contributed by atoms with Gasteiger partial charge in [0.25, 0.3) is 0 Å². The number of aromatic nitrogens is 3. The smallest absolute Gasteiger partial charge is 0.217 e. The summed E-state index contributed by atoms with van der Waals surface area (Å²) in [6, 6.07) is 3.98. The Hall–Kier alpha value is -1.62. The fourth-order valence-corrected chi connectivity index (χ4v) is 2.32. The minimum absolute atomic E-state index is 0.205. The van der Waals surface area contributed by atoms with Crippen LogP contribution in [0, 0.1) is 0 Å². The van der Waals surface area contributed by atoms with Crippen molar-refractivity contribution >= 4 is 5.65 Å². The van der Waals surface area contributed by atoms with Gasteiger partial charge in [0.2, 0.25) is 5.88 Å². The Morgan fingerprint density at radius 2 is 2.29 bits per heavy atom. The summed E-state index contributed by atoms with van der Waals surface area (Å²) in [6.07, 6.45) is 8.03. The predicted octanol–water partition coefficient (Wildman–Crippen LogP) is 1.38. The maximum atomic E-state index is 5.94. The summed E-state index contributed by atoms with van der Waals surface area (Å²) in [5, 5.41) is 4.10. The van der Waals surface area contributed by atoms with Crippen LogP contribution < -0.4 is 10.5 Å². The van der Waals surface area contributed by atoms with Crippen molar-refractivity contribution in [3.8, 4) is 5.88 Å². The van der Waals surface area contributed by atoms with Crippen molar-refractivity contribution in [2.24, 2.45) is 5.73 Å². The van der Waals surface area contributed by atoms with Crippen LogP contribution in [-0.2, 0) is 0 Å². The molecule has 2 aromatic rings. The molecule has 2 heterocycles. The molecule has 1 fully saturated rings. The second-order valence-corrected chi connectivity index (χ2v) is 4.57. The number of hydrogen-bond acceptors (Lipinski definition) is 4. The highest BCUT2D eigenvalue weighted by molar-refractivity contribution is 5.37. The Morgan fingerprint density at radius 1 is 1.35 bits per heavy atom. The molecule has 2 atom stereocenters. The average Bonchev–Trinajstić information content (AvgIpc) is 2.76. The van der Waals surface area contributed by atoms with Crippen molar-refractivity contribution in [1.29, 1.82) is 0 Å². The van der Waals surface area contributed by atoms with Gasteiger partial charge in [0.05, 0.1) is 6.20 Å². The molecule has 90 valence electrons. The Morgan fingerprint density at radius 3 is 3.18 bits per heavy atom. The fourth-order valence-electron chi connectivity index (χ4n) is 2.32. The number of fused-ring (bicyclic) bond motifs is 1. The summed E-state index contributed by atoms with van der Waals surface area (Å²) >= 11 is 0. The lowest BCUT2D eigenvalue weighted by molar-refractivity contribution is 0.139. The Balaban J connectivity index is 1.75. The summed E-state index contributed by atoms with van der Waals surface area (Å²) in [7, 11) is 0. The van der Waals surface area contributed by atoms with Gasteiger partial charge in [0.15, 0.2) is 5.65 Å². The van der Waals surface area contributed by atoms with Crippen molar-refractivity contribution in [3.63, 3.8) is 0 Å². The largest absolute Gasteiger partial charge is 0.474 e. The second kappa shape index (κ2) is 4.33. The van der Waals surface area contributed by atoms with Gasteiger partial charge >= 0.3 is 0 Å². The van der Waals surface area contributed by atoms with Crippen molar-refractivity contribution in [2.75, 3.05) is 0 Å². The minimum atomic E-state index is 0.205. The van der Waals surface area contributed by atoms with Crippen molar-refractivity contribution in [3.05, 3.63) is 24.5 Å². The van der Waals surface area contributed by atoms with Crippen LogP contribution in [0.5, 0.6) is 5.88 Å². The van der Waals surface area contributed by atoms with E-state index >= 15 is 0 Å². The van der Waals surface area contributed by atoms with Crippen molar-refractivity contribution in [1.82, 2.24) is 14.6 Å². The average molecular weight is 232 g/mol. The Kier molecular flexibility index (Phi) is 2.68. The van der Waals surface area contributed by atoms with E-state index in [1.54, 1.807) is 10.7 Å². The zero-order valence-corrected chi connectivity index (χ0v) is 9.62. The Bertz CT molecular complexity index is 510. The number of rotatable bonds is 2. The standard InChI is InChI=1S/C12H16N4O/c13-9-2-1-3-10(8-9)17-12-5-7-16-11(15-12)4-6-14-16/h4-7,9-10H,1-3,8,13H2. The first-order valence-electron chi connectivity index (χ1n) is 6.04. The molecule has 3 rings (SSSR count). The third-order valence-corrected chi connectivity index (χ3v) is 3.19. The second-order valence-electron chi connectivity index (χ2n) is 4.57. The maximum absolute atomic E-state index is 5.94. The lowest BCUT2D eigenvalue weighted by atomic mass is 9.94. The molecule has 5 nitrogen and oxygen atoms in total. The van der Waals surface area contributed by atoms with E-state index in [-0.39, 0.29) is 12.1 Å². The summed E-state index contributed by atoms with van der Waals surface area (Å²) < 4.78 is 7.59. The van der Waals surface area contributed by atoms with E-state index in [1.165, 1.54) is 0 Å². The van der Waals surface area contributed by atoms with Crippen LogP contribution in [0.15, 0.2) is 24.5 Å². The molecular weight excluding hydrogens is 216 g/mol. The van der Waals surface area contributed by atoms with E-state index < -0.39 is 0 Å². The van der Waals surface area contributed by atoms with Crippen LogP contribution in [0.3, 0.4) is 0 Å². The number of ether oxygens (including phenoxy) is 1. The van der Waals surface area contributed by atoms with Gasteiger partial charge in [-0.2, -0.15) is 10.1 Å². The minimum Gasteiger partial charge on any atom is -0.474 e. The van der Waals surface area contributed by atoms with Gasteiger partial charge in [-0.1, -0.05) is 0 Å². The van der Waals surface area contributed by atoms with Crippen LogP contribution in [0.25, 0.3) is 5.65 Å². The first kappa shape index (κ1) is 10.5. The van der Waals surface area contributed by atoms with E-state index in [2.05, 4.69) is 10.1 Å². The van der Waals surface area contributed by atoms with Crippen molar-refractivity contribution < 1.29 is 4.74 Å². The van der Waals surface area contributed by atoms with Gasteiger partial charge in [0.1, 0.15) is 6.10 Å². The number of hydrogen-bond donors (Lipinski definition) is 1. The van der Waals surface area contributed by atoms with Gasteiger partial charge in [-0.3, -0.25) is 0 Å². The molecular formula is C12H16N4O. The molecule has 5 heteroatoms. The molecule has 0 amide bonds. The summed E-state index contributed by atoms with van der Waals surface area (Å²) in [5.74, 6) is 0.664. The monoisotopic (exact) mass is 232 g/mol. The fraction of sp³-hybridized carbons (Fsp3) is 0.500. The third kappa shape index (κ3) is 2.24. The molecule has 2 aromatic heterocycles. The molecule has 0 aliphatic heterocycles. The maximum Gasteiger partial charge on any atom is 0.217 e.